The first-order valence-corrected chi connectivity index (χ1v) is 5.71. The highest BCUT2D eigenvalue weighted by Gasteiger charge is 2.60. The molecule has 0 bridgehead atoms. The molecule has 0 aliphatic rings. The molecular weight excluding hydrogens is 342 g/mol. The van der Waals surface area contributed by atoms with E-state index < -0.39 is 30.5 Å². The molecule has 1 aromatic carbocycles. The number of ketones is 1. The minimum Gasteiger partial charge on any atom is -0.298 e. The van der Waals surface area contributed by atoms with Gasteiger partial charge in [0.25, 0.3) is 0 Å². The van der Waals surface area contributed by atoms with Crippen molar-refractivity contribution in [2.75, 3.05) is 0 Å². The Morgan fingerprint density at radius 2 is 1.63 bits per heavy atom. The van der Waals surface area contributed by atoms with Gasteiger partial charge in [0.15, 0.2) is 5.78 Å². The summed E-state index contributed by atoms with van der Waals surface area (Å²) < 4.78 is 74.3. The number of rotatable bonds is 3. The normalized spacial score (nSPS) is 12.8. The number of benzene rings is 1. The molecule has 1 rings (SSSR count). The van der Waals surface area contributed by atoms with Crippen LogP contribution in [-0.4, -0.2) is 18.1 Å². The lowest BCUT2D eigenvalue weighted by Crippen LogP contribution is -2.43. The summed E-state index contributed by atoms with van der Waals surface area (Å²) in [5.74, 6) is -5.86. The molecule has 0 amide bonds. The van der Waals surface area contributed by atoms with Crippen molar-refractivity contribution < 1.29 is 31.1 Å². The molecule has 0 heterocycles. The summed E-state index contributed by atoms with van der Waals surface area (Å²) >= 11 is 3.01. The van der Waals surface area contributed by atoms with Crippen molar-refractivity contribution in [3.05, 3.63) is 34.3 Å². The van der Waals surface area contributed by atoms with E-state index in [9.17, 15) is 31.1 Å². The van der Waals surface area contributed by atoms with Crippen molar-refractivity contribution >= 4 is 21.7 Å². The van der Waals surface area contributed by atoms with E-state index in [4.69, 9.17) is 0 Å². The third-order valence-corrected chi connectivity index (χ3v) is 2.74. The quantitative estimate of drug-likeness (QED) is 0.744. The molecule has 0 aliphatic carbocycles. The molecule has 106 valence electrons. The van der Waals surface area contributed by atoms with Crippen LogP contribution < -0.4 is 0 Å². The molecule has 8 heteroatoms. The van der Waals surface area contributed by atoms with Crippen LogP contribution in [0.1, 0.15) is 5.56 Å². The van der Waals surface area contributed by atoms with Crippen molar-refractivity contribution in [2.45, 2.75) is 18.8 Å². The first-order chi connectivity index (χ1) is 8.51. The third kappa shape index (κ3) is 4.52. The summed E-state index contributed by atoms with van der Waals surface area (Å²) in [7, 11) is 0. The van der Waals surface area contributed by atoms with Crippen LogP contribution in [0.5, 0.6) is 0 Å². The van der Waals surface area contributed by atoms with Gasteiger partial charge in [0.2, 0.25) is 5.92 Å². The van der Waals surface area contributed by atoms with Crippen LogP contribution >= 0.6 is 15.9 Å². The Bertz CT molecular complexity index is 451. The molecule has 19 heavy (non-hydrogen) atoms. The Labute approximate surface area is 112 Å². The molecule has 0 saturated heterocycles. The van der Waals surface area contributed by atoms with E-state index in [0.717, 1.165) is 0 Å². The molecule has 0 spiro atoms. The van der Waals surface area contributed by atoms with Crippen molar-refractivity contribution in [1.29, 1.82) is 0 Å². The van der Waals surface area contributed by atoms with Crippen LogP contribution in [0, 0.1) is 5.92 Å². The number of carbonyl (C=O) groups is 1. The fourth-order valence-electron chi connectivity index (χ4n) is 1.50. The van der Waals surface area contributed by atoms with Gasteiger partial charge in [-0.3, -0.25) is 4.79 Å². The fraction of sp³-hybridized carbons (Fsp3) is 0.364. The van der Waals surface area contributed by atoms with Gasteiger partial charge in [0.1, 0.15) is 0 Å². The Balaban J connectivity index is 2.97. The molecule has 0 saturated carbocycles. The van der Waals surface area contributed by atoms with E-state index in [0.29, 0.717) is 4.47 Å². The molecule has 0 aliphatic heterocycles. The molecule has 0 aromatic heterocycles. The van der Waals surface area contributed by atoms with Gasteiger partial charge in [-0.2, -0.15) is 26.3 Å². The first-order valence-electron chi connectivity index (χ1n) is 4.92. The molecule has 0 radical (unpaired) electrons. The Morgan fingerprint density at radius 3 is 2.05 bits per heavy atom. The van der Waals surface area contributed by atoms with E-state index >= 15 is 0 Å². The number of carbonyl (C=O) groups excluding carboxylic acids is 1. The minimum absolute atomic E-state index is 0.0814. The van der Waals surface area contributed by atoms with E-state index in [1.807, 2.05) is 0 Å². The lowest BCUT2D eigenvalue weighted by molar-refractivity contribution is -0.273. The average molecular weight is 349 g/mol. The van der Waals surface area contributed by atoms with Crippen molar-refractivity contribution in [3.63, 3.8) is 0 Å². The van der Waals surface area contributed by atoms with Gasteiger partial charge in [-0.25, -0.2) is 0 Å². The van der Waals surface area contributed by atoms with Crippen molar-refractivity contribution in [3.8, 4) is 0 Å². The molecule has 0 unspecified atom stereocenters. The van der Waals surface area contributed by atoms with Gasteiger partial charge in [0, 0.05) is 10.9 Å². The van der Waals surface area contributed by atoms with E-state index in [2.05, 4.69) is 15.9 Å². The third-order valence-electron chi connectivity index (χ3n) is 2.24. The second kappa shape index (κ2) is 5.52. The van der Waals surface area contributed by atoms with Gasteiger partial charge in [-0.15, -0.1) is 0 Å². The van der Waals surface area contributed by atoms with Gasteiger partial charge in [-0.05, 0) is 17.7 Å². The molecule has 0 N–H and O–H groups in total. The maximum Gasteiger partial charge on any atom is 0.407 e. The van der Waals surface area contributed by atoms with Gasteiger partial charge < -0.3 is 0 Å². The molecular formula is C11H7BrF6O. The van der Waals surface area contributed by atoms with Crippen molar-refractivity contribution in [1.82, 2.24) is 0 Å². The van der Waals surface area contributed by atoms with Crippen LogP contribution in [0.2, 0.25) is 0 Å². The zero-order chi connectivity index (χ0) is 14.8. The largest absolute Gasteiger partial charge is 0.407 e. The van der Waals surface area contributed by atoms with Crippen LogP contribution in [0.4, 0.5) is 26.3 Å². The second-order valence-corrected chi connectivity index (χ2v) is 4.70. The highest BCUT2D eigenvalue weighted by molar-refractivity contribution is 9.10. The highest BCUT2D eigenvalue weighted by Crippen LogP contribution is 2.40. The number of alkyl halides is 6. The lowest BCUT2D eigenvalue weighted by Gasteiger charge is -2.21. The standard InChI is InChI=1S/C11H7BrF6O/c12-7-3-1-2-6(4-7)5-8(19)9(10(13,14)15)11(16,17)18/h1-4,9H,5H2. The van der Waals surface area contributed by atoms with Gasteiger partial charge >= 0.3 is 12.4 Å². The smallest absolute Gasteiger partial charge is 0.298 e. The predicted molar refractivity (Wildman–Crippen MR) is 58.5 cm³/mol. The van der Waals surface area contributed by atoms with Crippen LogP contribution in [-0.2, 0) is 11.2 Å². The summed E-state index contributed by atoms with van der Waals surface area (Å²) in [6.07, 6.45) is -12.2. The van der Waals surface area contributed by atoms with E-state index in [1.165, 1.54) is 18.2 Å². The molecule has 1 nitrogen and oxygen atoms in total. The highest BCUT2D eigenvalue weighted by atomic mass is 79.9. The van der Waals surface area contributed by atoms with E-state index in [-0.39, 0.29) is 5.56 Å². The number of hydrogen-bond donors (Lipinski definition) is 0. The van der Waals surface area contributed by atoms with Crippen LogP contribution in [0.15, 0.2) is 28.7 Å². The summed E-state index contributed by atoms with van der Waals surface area (Å²) in [6, 6.07) is 5.54. The SMILES string of the molecule is O=C(Cc1cccc(Br)c1)C(C(F)(F)F)C(F)(F)F. The Kier molecular flexibility index (Phi) is 4.65. The summed E-state index contributed by atoms with van der Waals surface area (Å²) in [5.41, 5.74) is 0.0814. The molecule has 0 atom stereocenters. The van der Waals surface area contributed by atoms with Gasteiger partial charge in [-0.1, -0.05) is 28.1 Å². The average Bonchev–Trinajstić information content (AvgIpc) is 2.11. The number of hydrogen-bond acceptors (Lipinski definition) is 1. The monoisotopic (exact) mass is 348 g/mol. The number of Topliss-reactive ketones (excluding diaryl/α,β-unsaturated/α-hetero) is 1. The summed E-state index contributed by atoms with van der Waals surface area (Å²) in [5, 5.41) is 0. The van der Waals surface area contributed by atoms with Crippen LogP contribution in [0.3, 0.4) is 0 Å². The number of halogens is 7. The Hall–Kier alpha value is -1.05. The van der Waals surface area contributed by atoms with Crippen molar-refractivity contribution in [2.24, 2.45) is 5.92 Å². The predicted octanol–water partition coefficient (Wildman–Crippen LogP) is 4.30. The second-order valence-electron chi connectivity index (χ2n) is 3.79. The molecule has 1 aromatic rings. The summed E-state index contributed by atoms with van der Waals surface area (Å²) in [4.78, 5) is 11.3. The zero-order valence-electron chi connectivity index (χ0n) is 9.15. The molecule has 0 fully saturated rings. The van der Waals surface area contributed by atoms with Crippen LogP contribution in [0.25, 0.3) is 0 Å². The summed E-state index contributed by atoms with van der Waals surface area (Å²) in [6.45, 7) is 0. The van der Waals surface area contributed by atoms with E-state index in [1.54, 1.807) is 6.07 Å². The maximum absolute atomic E-state index is 12.3. The minimum atomic E-state index is -5.64. The Morgan fingerprint density at radius 1 is 1.11 bits per heavy atom. The van der Waals surface area contributed by atoms with Gasteiger partial charge in [0.05, 0.1) is 0 Å². The lowest BCUT2D eigenvalue weighted by atomic mass is 9.97. The maximum atomic E-state index is 12.3. The fourth-order valence-corrected chi connectivity index (χ4v) is 1.95. The first kappa shape index (κ1) is 16.0. The zero-order valence-corrected chi connectivity index (χ0v) is 10.7. The topological polar surface area (TPSA) is 17.1 Å².